The van der Waals surface area contributed by atoms with Crippen molar-refractivity contribution in [1.82, 2.24) is 4.90 Å². The van der Waals surface area contributed by atoms with Crippen molar-refractivity contribution in [2.45, 2.75) is 6.23 Å². The van der Waals surface area contributed by atoms with E-state index < -0.39 is 6.23 Å². The molecular formula is C11H17NO3. The van der Waals surface area contributed by atoms with E-state index >= 15 is 0 Å². The highest BCUT2D eigenvalue weighted by Gasteiger charge is 2.15. The maximum Gasteiger partial charge on any atom is 0.136 e. The predicted molar refractivity (Wildman–Crippen MR) is 58.2 cm³/mol. The Kier molecular flexibility index (Phi) is 3.94. The number of aliphatic hydroxyl groups is 1. The van der Waals surface area contributed by atoms with Crippen molar-refractivity contribution in [1.29, 1.82) is 0 Å². The van der Waals surface area contributed by atoms with Crippen LogP contribution in [-0.2, 0) is 0 Å². The number of rotatable bonds is 4. The predicted octanol–water partition coefficient (Wildman–Crippen LogP) is 1.26. The van der Waals surface area contributed by atoms with Gasteiger partial charge < -0.3 is 14.6 Å². The minimum absolute atomic E-state index is 0.650. The molecule has 0 saturated carbocycles. The van der Waals surface area contributed by atoms with Gasteiger partial charge in [0.2, 0.25) is 0 Å². The second kappa shape index (κ2) is 5.00. The van der Waals surface area contributed by atoms with Gasteiger partial charge >= 0.3 is 0 Å². The lowest BCUT2D eigenvalue weighted by Crippen LogP contribution is -2.19. The lowest BCUT2D eigenvalue weighted by atomic mass is 10.1. The van der Waals surface area contributed by atoms with Gasteiger partial charge in [0.15, 0.2) is 0 Å². The number of hydrogen-bond acceptors (Lipinski definition) is 4. The quantitative estimate of drug-likeness (QED) is 0.761. The minimum atomic E-state index is -0.699. The molecule has 1 aromatic carbocycles. The monoisotopic (exact) mass is 211 g/mol. The molecule has 0 heterocycles. The van der Waals surface area contributed by atoms with Gasteiger partial charge in [-0.25, -0.2) is 0 Å². The van der Waals surface area contributed by atoms with E-state index in [0.29, 0.717) is 17.1 Å². The molecule has 1 atom stereocenters. The molecule has 0 saturated heterocycles. The Morgan fingerprint density at radius 2 is 1.87 bits per heavy atom. The Hall–Kier alpha value is -1.26. The first-order valence-electron chi connectivity index (χ1n) is 4.66. The fourth-order valence-electron chi connectivity index (χ4n) is 1.32. The van der Waals surface area contributed by atoms with Gasteiger partial charge in [0.1, 0.15) is 17.7 Å². The van der Waals surface area contributed by atoms with Gasteiger partial charge in [-0.1, -0.05) is 0 Å². The van der Waals surface area contributed by atoms with E-state index in [1.807, 2.05) is 0 Å². The molecule has 1 rings (SSSR count). The second-order valence-electron chi connectivity index (χ2n) is 3.45. The molecule has 1 aromatic rings. The van der Waals surface area contributed by atoms with Crippen LogP contribution in [0.1, 0.15) is 11.8 Å². The van der Waals surface area contributed by atoms with Gasteiger partial charge in [-0.2, -0.15) is 0 Å². The Bertz CT molecular complexity index is 326. The van der Waals surface area contributed by atoms with Crippen molar-refractivity contribution in [2.75, 3.05) is 28.3 Å². The van der Waals surface area contributed by atoms with E-state index in [4.69, 9.17) is 9.47 Å². The van der Waals surface area contributed by atoms with Crippen LogP contribution in [0.5, 0.6) is 11.5 Å². The van der Waals surface area contributed by atoms with E-state index in [0.717, 1.165) is 0 Å². The fourth-order valence-corrected chi connectivity index (χ4v) is 1.32. The molecule has 0 aliphatic carbocycles. The molecule has 0 aromatic heterocycles. The summed E-state index contributed by atoms with van der Waals surface area (Å²) >= 11 is 0. The van der Waals surface area contributed by atoms with Crippen LogP contribution in [0.15, 0.2) is 18.2 Å². The van der Waals surface area contributed by atoms with Crippen LogP contribution in [0.25, 0.3) is 0 Å². The summed E-state index contributed by atoms with van der Waals surface area (Å²) in [6, 6.07) is 5.34. The average Bonchev–Trinajstić information content (AvgIpc) is 2.27. The van der Waals surface area contributed by atoms with Crippen LogP contribution in [0.4, 0.5) is 0 Å². The van der Waals surface area contributed by atoms with Crippen molar-refractivity contribution in [3.05, 3.63) is 23.8 Å². The number of ether oxygens (including phenoxy) is 2. The molecule has 4 heteroatoms. The lowest BCUT2D eigenvalue weighted by Gasteiger charge is -2.21. The molecule has 0 bridgehead atoms. The van der Waals surface area contributed by atoms with E-state index in [9.17, 15) is 5.11 Å². The number of aliphatic hydroxyl groups excluding tert-OH is 1. The zero-order valence-electron chi connectivity index (χ0n) is 9.52. The van der Waals surface area contributed by atoms with Gasteiger partial charge in [-0.15, -0.1) is 0 Å². The summed E-state index contributed by atoms with van der Waals surface area (Å²) in [5.74, 6) is 1.35. The minimum Gasteiger partial charge on any atom is -0.497 e. The Morgan fingerprint density at radius 1 is 1.20 bits per heavy atom. The standard InChI is InChI=1S/C11H17NO3/c1-12(2)11(13)9-7-8(14-3)5-6-10(9)15-4/h5-7,11,13H,1-4H3. The third-order valence-electron chi connectivity index (χ3n) is 2.20. The van der Waals surface area contributed by atoms with Crippen LogP contribution in [-0.4, -0.2) is 38.3 Å². The van der Waals surface area contributed by atoms with Crippen LogP contribution in [0.3, 0.4) is 0 Å². The van der Waals surface area contributed by atoms with Crippen molar-refractivity contribution >= 4 is 0 Å². The van der Waals surface area contributed by atoms with Gasteiger partial charge in [0.05, 0.1) is 14.2 Å². The van der Waals surface area contributed by atoms with Crippen LogP contribution >= 0.6 is 0 Å². The molecule has 84 valence electrons. The highest BCUT2D eigenvalue weighted by Crippen LogP contribution is 2.29. The molecule has 1 unspecified atom stereocenters. The Morgan fingerprint density at radius 3 is 2.33 bits per heavy atom. The largest absolute Gasteiger partial charge is 0.497 e. The highest BCUT2D eigenvalue weighted by atomic mass is 16.5. The smallest absolute Gasteiger partial charge is 0.136 e. The number of nitrogens with zero attached hydrogens (tertiary/aromatic N) is 1. The van der Waals surface area contributed by atoms with Gasteiger partial charge in [-0.3, -0.25) is 4.90 Å². The van der Waals surface area contributed by atoms with E-state index in [-0.39, 0.29) is 0 Å². The van der Waals surface area contributed by atoms with Crippen molar-refractivity contribution < 1.29 is 14.6 Å². The molecule has 0 radical (unpaired) electrons. The van der Waals surface area contributed by atoms with E-state index in [1.54, 1.807) is 51.4 Å². The molecular weight excluding hydrogens is 194 g/mol. The van der Waals surface area contributed by atoms with Crippen molar-refractivity contribution in [3.8, 4) is 11.5 Å². The summed E-state index contributed by atoms with van der Waals surface area (Å²) in [5, 5.41) is 9.92. The molecule has 0 aliphatic rings. The maximum atomic E-state index is 9.92. The molecule has 0 amide bonds. The highest BCUT2D eigenvalue weighted by molar-refractivity contribution is 5.41. The van der Waals surface area contributed by atoms with Crippen molar-refractivity contribution in [2.24, 2.45) is 0 Å². The molecule has 0 aliphatic heterocycles. The summed E-state index contributed by atoms with van der Waals surface area (Å²) in [4.78, 5) is 1.69. The van der Waals surface area contributed by atoms with Crippen LogP contribution in [0, 0.1) is 0 Å². The topological polar surface area (TPSA) is 41.9 Å². The molecule has 0 fully saturated rings. The summed E-state index contributed by atoms with van der Waals surface area (Å²) in [7, 11) is 6.76. The van der Waals surface area contributed by atoms with Gasteiger partial charge in [0.25, 0.3) is 0 Å². The molecule has 0 spiro atoms. The van der Waals surface area contributed by atoms with E-state index in [2.05, 4.69) is 0 Å². The third kappa shape index (κ3) is 2.61. The SMILES string of the molecule is COc1ccc(OC)c(C(O)N(C)C)c1. The third-order valence-corrected chi connectivity index (χ3v) is 2.20. The second-order valence-corrected chi connectivity index (χ2v) is 3.45. The lowest BCUT2D eigenvalue weighted by molar-refractivity contribution is 0.0373. The molecule has 15 heavy (non-hydrogen) atoms. The Balaban J connectivity index is 3.11. The Labute approximate surface area is 90.0 Å². The zero-order valence-corrected chi connectivity index (χ0v) is 9.52. The maximum absolute atomic E-state index is 9.92. The zero-order chi connectivity index (χ0) is 11.4. The van der Waals surface area contributed by atoms with Gasteiger partial charge in [0, 0.05) is 5.56 Å². The molecule has 1 N–H and O–H groups in total. The number of methoxy groups -OCH3 is 2. The van der Waals surface area contributed by atoms with Crippen LogP contribution in [0.2, 0.25) is 0 Å². The first-order chi connectivity index (χ1) is 7.10. The average molecular weight is 211 g/mol. The fraction of sp³-hybridized carbons (Fsp3) is 0.455. The summed E-state index contributed by atoms with van der Waals surface area (Å²) in [6.45, 7) is 0. The normalized spacial score (nSPS) is 12.7. The number of hydrogen-bond donors (Lipinski definition) is 1. The van der Waals surface area contributed by atoms with E-state index in [1.165, 1.54) is 0 Å². The number of benzene rings is 1. The summed E-state index contributed by atoms with van der Waals surface area (Å²) < 4.78 is 10.3. The summed E-state index contributed by atoms with van der Waals surface area (Å²) in [5.41, 5.74) is 0.696. The summed E-state index contributed by atoms with van der Waals surface area (Å²) in [6.07, 6.45) is -0.699. The first kappa shape index (κ1) is 11.8. The van der Waals surface area contributed by atoms with Crippen molar-refractivity contribution in [3.63, 3.8) is 0 Å². The van der Waals surface area contributed by atoms with Gasteiger partial charge in [-0.05, 0) is 32.3 Å². The molecule has 4 nitrogen and oxygen atoms in total. The van der Waals surface area contributed by atoms with Crippen LogP contribution < -0.4 is 9.47 Å². The first-order valence-corrected chi connectivity index (χ1v) is 4.66.